The van der Waals surface area contributed by atoms with E-state index in [0.717, 1.165) is 10.0 Å². The summed E-state index contributed by atoms with van der Waals surface area (Å²) in [5, 5.41) is 1.95. The first kappa shape index (κ1) is 24.9. The van der Waals surface area contributed by atoms with Crippen molar-refractivity contribution in [3.8, 4) is 5.75 Å². The number of carbonyl (C=O) groups excluding carboxylic acids is 4. The summed E-state index contributed by atoms with van der Waals surface area (Å²) in [7, 11) is 1.51. The van der Waals surface area contributed by atoms with Crippen LogP contribution in [0.5, 0.6) is 5.75 Å². The van der Waals surface area contributed by atoms with Crippen LogP contribution in [0.1, 0.15) is 33.6 Å². The fraction of sp³-hybridized carbons (Fsp3) is 0.333. The zero-order valence-corrected chi connectivity index (χ0v) is 22.0. The number of methoxy groups -OCH3 is 1. The zero-order valence-electron chi connectivity index (χ0n) is 18.1. The van der Waals surface area contributed by atoms with E-state index >= 15 is 0 Å². The smallest absolute Gasteiger partial charge is 0.274 e. The summed E-state index contributed by atoms with van der Waals surface area (Å²) in [6.07, 6.45) is 0.893. The maximum absolute atomic E-state index is 13.5. The van der Waals surface area contributed by atoms with Crippen molar-refractivity contribution in [2.24, 2.45) is 11.8 Å². The van der Waals surface area contributed by atoms with Crippen molar-refractivity contribution in [3.63, 3.8) is 0 Å². The van der Waals surface area contributed by atoms with Gasteiger partial charge in [0.25, 0.3) is 17.7 Å². The molecule has 3 amide bonds. The lowest BCUT2D eigenvalue weighted by Crippen LogP contribution is -2.52. The number of halogens is 3. The largest absolute Gasteiger partial charge is 0.497 e. The van der Waals surface area contributed by atoms with Crippen LogP contribution in [-0.2, 0) is 9.59 Å². The molecule has 0 aromatic heterocycles. The van der Waals surface area contributed by atoms with Crippen molar-refractivity contribution in [2.45, 2.75) is 22.5 Å². The number of hydrazine groups is 1. The second kappa shape index (κ2) is 10.2. The molecule has 4 rings (SSSR count). The highest BCUT2D eigenvalue weighted by Gasteiger charge is 2.54. The van der Waals surface area contributed by atoms with Crippen LogP contribution in [0.3, 0.4) is 0 Å². The van der Waals surface area contributed by atoms with Gasteiger partial charge in [-0.15, -0.1) is 0 Å². The number of amides is 3. The molecule has 1 aliphatic heterocycles. The fourth-order valence-corrected chi connectivity index (χ4v) is 5.78. The van der Waals surface area contributed by atoms with Gasteiger partial charge in [-0.05, 0) is 49.2 Å². The average Bonchev–Trinajstić information content (AvgIpc) is 3.06. The molecule has 1 aliphatic carbocycles. The molecule has 0 bridgehead atoms. The van der Waals surface area contributed by atoms with Gasteiger partial charge in [0.2, 0.25) is 0 Å². The highest BCUT2D eigenvalue weighted by molar-refractivity contribution is 9.12. The Balaban J connectivity index is 1.69. The molecule has 0 N–H and O–H groups in total. The summed E-state index contributed by atoms with van der Waals surface area (Å²) in [6.45, 7) is -0.497. The molecule has 10 heteroatoms. The minimum Gasteiger partial charge on any atom is -0.497 e. The van der Waals surface area contributed by atoms with Crippen molar-refractivity contribution in [1.82, 2.24) is 10.0 Å². The molecular weight excluding hydrogens is 592 g/mol. The van der Waals surface area contributed by atoms with Crippen LogP contribution in [0, 0.1) is 11.8 Å². The molecule has 2 aromatic carbocycles. The van der Waals surface area contributed by atoms with Gasteiger partial charge in [0.15, 0.2) is 5.78 Å². The van der Waals surface area contributed by atoms with Gasteiger partial charge in [0.1, 0.15) is 12.3 Å². The molecule has 0 spiro atoms. The third kappa shape index (κ3) is 4.65. The van der Waals surface area contributed by atoms with E-state index in [0.29, 0.717) is 24.2 Å². The van der Waals surface area contributed by atoms with Gasteiger partial charge < -0.3 is 4.74 Å². The molecule has 1 heterocycles. The van der Waals surface area contributed by atoms with Crippen molar-refractivity contribution in [3.05, 3.63) is 64.7 Å². The first-order valence-corrected chi connectivity index (χ1v) is 12.8. The topological polar surface area (TPSA) is 84.0 Å². The number of hydrogen-bond acceptors (Lipinski definition) is 5. The predicted octanol–water partition coefficient (Wildman–Crippen LogP) is 4.51. The average molecular weight is 613 g/mol. The molecule has 2 aromatic rings. The zero-order chi connectivity index (χ0) is 24.6. The van der Waals surface area contributed by atoms with Crippen molar-refractivity contribution >= 4 is 67.0 Å². The third-order valence-electron chi connectivity index (χ3n) is 6.17. The van der Waals surface area contributed by atoms with Crippen molar-refractivity contribution in [1.29, 1.82) is 0 Å². The first-order chi connectivity index (χ1) is 16.2. The van der Waals surface area contributed by atoms with Gasteiger partial charge in [0, 0.05) is 15.2 Å². The quantitative estimate of drug-likeness (QED) is 0.273. The van der Waals surface area contributed by atoms with E-state index in [2.05, 4.69) is 31.9 Å². The fourth-order valence-electron chi connectivity index (χ4n) is 4.33. The maximum Gasteiger partial charge on any atom is 0.274 e. The first-order valence-electron chi connectivity index (χ1n) is 10.6. The van der Waals surface area contributed by atoms with Gasteiger partial charge in [-0.1, -0.05) is 55.6 Å². The monoisotopic (exact) mass is 610 g/mol. The van der Waals surface area contributed by atoms with E-state index in [-0.39, 0.29) is 20.2 Å². The van der Waals surface area contributed by atoms with Gasteiger partial charge >= 0.3 is 0 Å². The number of benzene rings is 2. The Labute approximate surface area is 218 Å². The van der Waals surface area contributed by atoms with Crippen LogP contribution >= 0.6 is 43.5 Å². The number of fused-ring (bicyclic) bond motifs is 1. The number of hydrogen-bond donors (Lipinski definition) is 0. The normalized spacial score (nSPS) is 24.1. The number of alkyl halides is 2. The van der Waals surface area contributed by atoms with E-state index in [1.165, 1.54) is 19.2 Å². The lowest BCUT2D eigenvalue weighted by Gasteiger charge is -2.30. The molecule has 4 atom stereocenters. The van der Waals surface area contributed by atoms with E-state index in [9.17, 15) is 19.2 Å². The number of ether oxygens (including phenoxy) is 1. The Morgan fingerprint density at radius 2 is 1.56 bits per heavy atom. The Kier molecular flexibility index (Phi) is 7.45. The molecule has 34 heavy (non-hydrogen) atoms. The van der Waals surface area contributed by atoms with E-state index in [1.807, 2.05) is 0 Å². The number of ketones is 1. The van der Waals surface area contributed by atoms with Gasteiger partial charge in [-0.25, -0.2) is 5.01 Å². The summed E-state index contributed by atoms with van der Waals surface area (Å²) >= 11 is 13.4. The minimum atomic E-state index is -0.696. The number of carbonyl (C=O) groups is 4. The van der Waals surface area contributed by atoms with E-state index in [4.69, 9.17) is 16.3 Å². The van der Waals surface area contributed by atoms with E-state index in [1.54, 1.807) is 36.4 Å². The molecule has 7 nitrogen and oxygen atoms in total. The lowest BCUT2D eigenvalue weighted by atomic mass is 9.81. The molecule has 1 saturated heterocycles. The number of imide groups is 1. The summed E-state index contributed by atoms with van der Waals surface area (Å²) in [6, 6.07) is 12.7. The SMILES string of the molecule is COc1ccc(C(=O)CN(C(=O)c2ccccc2Cl)N2C(=O)[C@H]3C[C@H](Br)[C@@H](Br)C[C@H]3C2=O)cc1. The Morgan fingerprint density at radius 3 is 2.09 bits per heavy atom. The number of rotatable bonds is 6. The van der Waals surface area contributed by atoms with Gasteiger partial charge in [0.05, 0.1) is 29.5 Å². The van der Waals surface area contributed by atoms with Crippen LogP contribution in [0.2, 0.25) is 5.02 Å². The Bertz CT molecular complexity index is 1110. The number of nitrogens with zero attached hydrogens (tertiary/aromatic N) is 2. The van der Waals surface area contributed by atoms with Crippen LogP contribution in [0.15, 0.2) is 48.5 Å². The standard InChI is InChI=1S/C24H21Br2ClN2O5/c1-34-14-8-6-13(7-9-14)21(30)12-28(22(31)15-4-2-3-5-20(15)27)29-23(32)16-10-18(25)19(26)11-17(16)24(29)33/h2-9,16-19H,10-12H2,1H3/t16-,17+,18-,19-/m0/s1. The molecule has 2 aliphatic rings. The van der Waals surface area contributed by atoms with Gasteiger partial charge in [-0.3, -0.25) is 19.2 Å². The van der Waals surface area contributed by atoms with Crippen molar-refractivity contribution in [2.75, 3.05) is 13.7 Å². The van der Waals surface area contributed by atoms with Gasteiger partial charge in [-0.2, -0.15) is 5.01 Å². The summed E-state index contributed by atoms with van der Waals surface area (Å²) in [4.78, 5) is 53.5. The molecule has 1 saturated carbocycles. The molecule has 178 valence electrons. The molecule has 0 unspecified atom stereocenters. The highest BCUT2D eigenvalue weighted by atomic mass is 79.9. The second-order valence-electron chi connectivity index (χ2n) is 8.20. The Morgan fingerprint density at radius 1 is 1.00 bits per heavy atom. The molecular formula is C24H21Br2ClN2O5. The lowest BCUT2D eigenvalue weighted by molar-refractivity contribution is -0.154. The van der Waals surface area contributed by atoms with Crippen LogP contribution in [-0.4, -0.2) is 56.8 Å². The van der Waals surface area contributed by atoms with Crippen LogP contribution < -0.4 is 4.74 Å². The third-order valence-corrected chi connectivity index (χ3v) is 9.24. The van der Waals surface area contributed by atoms with Crippen LogP contribution in [0.25, 0.3) is 0 Å². The minimum absolute atomic E-state index is 0.0131. The van der Waals surface area contributed by atoms with E-state index < -0.39 is 41.9 Å². The predicted molar refractivity (Wildman–Crippen MR) is 133 cm³/mol. The van der Waals surface area contributed by atoms with Crippen LogP contribution in [0.4, 0.5) is 0 Å². The summed E-state index contributed by atoms with van der Waals surface area (Å²) < 4.78 is 5.12. The second-order valence-corrected chi connectivity index (χ2v) is 11.0. The maximum atomic E-state index is 13.5. The Hall–Kier alpha value is -2.23. The summed E-state index contributed by atoms with van der Waals surface area (Å²) in [5.41, 5.74) is 0.411. The highest BCUT2D eigenvalue weighted by Crippen LogP contribution is 2.43. The summed E-state index contributed by atoms with van der Waals surface area (Å²) in [5.74, 6) is -2.66. The molecule has 2 fully saturated rings. The van der Waals surface area contributed by atoms with Crippen molar-refractivity contribution < 1.29 is 23.9 Å². The molecule has 0 radical (unpaired) electrons. The number of Topliss-reactive ketones (excluding diaryl/α,β-unsaturated/α-hetero) is 1.